The first kappa shape index (κ1) is 9.50. The third-order valence-electron chi connectivity index (χ3n) is 9.17. The van der Waals surface area contributed by atoms with Crippen LogP contribution in [0.3, 0.4) is 0 Å². The topological polar surface area (TPSA) is 0 Å². The quantitative estimate of drug-likeness (QED) is 0.596. The summed E-state index contributed by atoms with van der Waals surface area (Å²) in [6, 6.07) is 0. The van der Waals surface area contributed by atoms with Crippen LogP contribution in [-0.2, 0) is 0 Å². The molecule has 0 heterocycles. The molecule has 0 N–H and O–H groups in total. The van der Waals surface area contributed by atoms with Gasteiger partial charge in [-0.2, -0.15) is 0 Å². The van der Waals surface area contributed by atoms with Crippen molar-refractivity contribution >= 4 is 23.2 Å². The number of fused-ring (bicyclic) bond motifs is 3. The van der Waals surface area contributed by atoms with Crippen molar-refractivity contribution in [1.82, 2.24) is 0 Å². The minimum absolute atomic E-state index is 0.511. The van der Waals surface area contributed by atoms with Crippen molar-refractivity contribution in [2.75, 3.05) is 0 Å². The first-order valence-corrected chi connectivity index (χ1v) is 8.96. The molecule has 0 saturated heterocycles. The second kappa shape index (κ2) is 2.43. The van der Waals surface area contributed by atoms with E-state index in [9.17, 15) is 0 Å². The fraction of sp³-hybridized carbons (Fsp3) is 1.00. The fourth-order valence-electron chi connectivity index (χ4n) is 9.60. The first-order chi connectivity index (χ1) is 8.80. The van der Waals surface area contributed by atoms with Gasteiger partial charge in [-0.25, -0.2) is 0 Å². The maximum atomic E-state index is 6.97. The average molecular weight is 281 g/mol. The van der Waals surface area contributed by atoms with Gasteiger partial charge in [0.2, 0.25) is 0 Å². The van der Waals surface area contributed by atoms with Gasteiger partial charge in [0, 0.05) is 10.8 Å². The van der Waals surface area contributed by atoms with Gasteiger partial charge < -0.3 is 0 Å². The third-order valence-corrected chi connectivity index (χ3v) is 10.3. The Hall–Kier alpha value is 0.580. The van der Waals surface area contributed by atoms with Crippen molar-refractivity contribution in [3.05, 3.63) is 0 Å². The summed E-state index contributed by atoms with van der Waals surface area (Å²) in [5, 5.41) is 1.02. The molecule has 0 nitrogen and oxygen atoms in total. The number of hydrogen-bond donors (Lipinski definition) is 0. The lowest BCUT2D eigenvalue weighted by Gasteiger charge is -2.47. The van der Waals surface area contributed by atoms with E-state index in [1.165, 1.54) is 12.8 Å². The average Bonchev–Trinajstić information content (AvgIpc) is 2.98. The lowest BCUT2D eigenvalue weighted by Crippen LogP contribution is -2.47. The van der Waals surface area contributed by atoms with Crippen LogP contribution in [0.5, 0.6) is 0 Å². The van der Waals surface area contributed by atoms with Gasteiger partial charge in [-0.15, -0.1) is 23.2 Å². The summed E-state index contributed by atoms with van der Waals surface area (Å²) in [4.78, 5) is 0. The van der Waals surface area contributed by atoms with Crippen molar-refractivity contribution in [2.45, 2.75) is 23.6 Å². The highest BCUT2D eigenvalue weighted by molar-refractivity contribution is 6.23. The minimum atomic E-state index is 0.511. The Bertz CT molecular complexity index is 431. The van der Waals surface area contributed by atoms with E-state index in [4.69, 9.17) is 23.2 Å². The summed E-state index contributed by atoms with van der Waals surface area (Å²) in [7, 11) is 0. The molecule has 14 atom stereocenters. The van der Waals surface area contributed by atoms with Crippen LogP contribution in [0.25, 0.3) is 0 Å². The summed E-state index contributed by atoms with van der Waals surface area (Å²) < 4.78 is 0. The van der Waals surface area contributed by atoms with Crippen LogP contribution < -0.4 is 0 Å². The molecule has 0 aromatic rings. The Labute approximate surface area is 118 Å². The Kier molecular flexibility index (Phi) is 1.28. The fourth-order valence-corrected chi connectivity index (χ4v) is 11.0. The molecule has 0 aliphatic heterocycles. The van der Waals surface area contributed by atoms with Crippen LogP contribution in [0.4, 0.5) is 0 Å². The molecule has 0 aromatic heterocycles. The lowest BCUT2D eigenvalue weighted by atomic mass is 9.60. The summed E-state index contributed by atoms with van der Waals surface area (Å²) in [6.07, 6.45) is 3.00. The van der Waals surface area contributed by atoms with Crippen molar-refractivity contribution < 1.29 is 0 Å². The van der Waals surface area contributed by atoms with Gasteiger partial charge in [-0.05, 0) is 83.9 Å². The van der Waals surface area contributed by atoms with Crippen LogP contribution in [0, 0.1) is 71.0 Å². The molecule has 7 rings (SSSR count). The Morgan fingerprint density at radius 2 is 0.833 bits per heavy atom. The van der Waals surface area contributed by atoms with Gasteiger partial charge in [0.1, 0.15) is 0 Å². The van der Waals surface area contributed by atoms with Gasteiger partial charge in [0.25, 0.3) is 0 Å². The van der Waals surface area contributed by atoms with E-state index in [1.54, 1.807) is 0 Å². The Morgan fingerprint density at radius 3 is 1.33 bits per heavy atom. The zero-order valence-corrected chi connectivity index (χ0v) is 11.8. The molecule has 7 aliphatic carbocycles. The molecular formula is C16H18Cl2. The van der Waals surface area contributed by atoms with Crippen LogP contribution in [0.1, 0.15) is 12.8 Å². The van der Waals surface area contributed by atoms with Crippen molar-refractivity contribution in [3.8, 4) is 0 Å². The largest absolute Gasteiger partial charge is 0.122 e. The molecule has 0 spiro atoms. The van der Waals surface area contributed by atoms with Gasteiger partial charge in [-0.1, -0.05) is 0 Å². The highest BCUT2D eigenvalue weighted by atomic mass is 35.5. The predicted octanol–water partition coefficient (Wildman–Crippen LogP) is 3.47. The zero-order valence-electron chi connectivity index (χ0n) is 10.3. The summed E-state index contributed by atoms with van der Waals surface area (Å²) in [6.45, 7) is 0. The molecule has 2 unspecified atom stereocenters. The number of halogens is 2. The van der Waals surface area contributed by atoms with E-state index < -0.39 is 0 Å². The second-order valence-electron chi connectivity index (χ2n) is 8.57. The van der Waals surface area contributed by atoms with Gasteiger partial charge in [0.05, 0.1) is 0 Å². The Balaban J connectivity index is 1.58. The van der Waals surface area contributed by atoms with Crippen LogP contribution in [0.15, 0.2) is 0 Å². The molecule has 2 heteroatoms. The van der Waals surface area contributed by atoms with Crippen LogP contribution in [0.2, 0.25) is 0 Å². The summed E-state index contributed by atoms with van der Waals surface area (Å²) >= 11 is 13.9. The molecule has 0 aromatic carbocycles. The highest BCUT2D eigenvalue weighted by Crippen LogP contribution is 2.88. The van der Waals surface area contributed by atoms with E-state index in [2.05, 4.69) is 0 Å². The lowest BCUT2D eigenvalue weighted by molar-refractivity contribution is 0.0287. The number of rotatable bonds is 0. The van der Waals surface area contributed by atoms with Gasteiger partial charge >= 0.3 is 0 Å². The zero-order chi connectivity index (χ0) is 11.5. The molecule has 0 amide bonds. The molecule has 96 valence electrons. The van der Waals surface area contributed by atoms with Gasteiger partial charge in [-0.3, -0.25) is 0 Å². The maximum absolute atomic E-state index is 6.97. The van der Waals surface area contributed by atoms with Crippen molar-refractivity contribution in [2.24, 2.45) is 71.0 Å². The van der Waals surface area contributed by atoms with E-state index in [0.717, 1.165) is 71.0 Å². The highest BCUT2D eigenvalue weighted by Gasteiger charge is 2.86. The summed E-state index contributed by atoms with van der Waals surface area (Å²) in [5.41, 5.74) is 0. The molecule has 0 bridgehead atoms. The first-order valence-electron chi connectivity index (χ1n) is 8.09. The smallest absolute Gasteiger partial charge is 0.0404 e. The number of alkyl halides is 2. The van der Waals surface area contributed by atoms with Crippen LogP contribution in [-0.4, -0.2) is 10.8 Å². The van der Waals surface area contributed by atoms with Crippen molar-refractivity contribution in [1.29, 1.82) is 0 Å². The molecule has 0 radical (unpaired) electrons. The Morgan fingerprint density at radius 1 is 0.444 bits per heavy atom. The van der Waals surface area contributed by atoms with Crippen LogP contribution >= 0.6 is 23.2 Å². The van der Waals surface area contributed by atoms with Gasteiger partial charge in [0.15, 0.2) is 0 Å². The third kappa shape index (κ3) is 0.605. The minimum Gasteiger partial charge on any atom is -0.122 e. The van der Waals surface area contributed by atoms with E-state index in [-0.39, 0.29) is 0 Å². The van der Waals surface area contributed by atoms with Crippen molar-refractivity contribution in [3.63, 3.8) is 0 Å². The molecule has 18 heavy (non-hydrogen) atoms. The number of hydrogen-bond acceptors (Lipinski definition) is 0. The van der Waals surface area contributed by atoms with E-state index in [0.29, 0.717) is 10.8 Å². The maximum Gasteiger partial charge on any atom is 0.0404 e. The van der Waals surface area contributed by atoms with E-state index in [1.807, 2.05) is 0 Å². The molecule has 7 fully saturated rings. The molecule has 7 saturated carbocycles. The normalized spacial score (nSPS) is 87.0. The predicted molar refractivity (Wildman–Crippen MR) is 70.4 cm³/mol. The van der Waals surface area contributed by atoms with E-state index >= 15 is 0 Å². The molecular weight excluding hydrogens is 263 g/mol. The summed E-state index contributed by atoms with van der Waals surface area (Å²) in [5.74, 6) is 11.9. The second-order valence-corrected chi connectivity index (χ2v) is 9.58. The SMILES string of the molecule is Cl[C@@H]1[C@H]2[C@H]3[C@H](Cl)[C@H]4[C@@H]5C6C7[C@H]4CC[C@@H]7[C@@H]1[C@@H]6[C@H]2[C@@H]53. The standard InChI is InChI=1S/C16H18Cl2/c17-15-6-3-1-2-4-5(3)8-9(6)11-12-10(8)7(4)16(18)14(12)13(11)15/h3-16H,1-2H2/t3-,4+,5?,6-,7-,8?,9-,10+,11-,12+,13+,14-,15-,16+/m1/s1. The molecule has 7 aliphatic rings. The monoisotopic (exact) mass is 280 g/mol.